The van der Waals surface area contributed by atoms with Gasteiger partial charge in [-0.25, -0.2) is 4.79 Å². The van der Waals surface area contributed by atoms with Gasteiger partial charge >= 0.3 is 5.63 Å². The first kappa shape index (κ1) is 17.3. The Hall–Kier alpha value is -2.82. The van der Waals surface area contributed by atoms with Crippen LogP contribution in [-0.2, 0) is 0 Å². The van der Waals surface area contributed by atoms with E-state index in [1.54, 1.807) is 12.1 Å². The molecular weight excluding hydrogens is 440 g/mol. The summed E-state index contributed by atoms with van der Waals surface area (Å²) in [6.45, 7) is 0. The van der Waals surface area contributed by atoms with E-state index in [-0.39, 0.29) is 0 Å². The smallest absolute Gasteiger partial charge is 0.348 e. The van der Waals surface area contributed by atoms with Gasteiger partial charge in [0.1, 0.15) is 22.5 Å². The molecule has 5 aromatic rings. The molecule has 2 aromatic heterocycles. The van der Waals surface area contributed by atoms with Gasteiger partial charge in [-0.15, -0.1) is 0 Å². The average Bonchev–Trinajstić information content (AvgIpc) is 3.11. The third-order valence-electron chi connectivity index (χ3n) is 4.65. The standard InChI is InChI=1S/C23H12BrClO3/c24-15-9-10-18-17(12-15)19-20(23(26)27-18)21(13-5-2-1-3-6-13)28-22(19)14-7-4-8-16(25)11-14/h1-12H. The minimum atomic E-state index is -0.430. The summed E-state index contributed by atoms with van der Waals surface area (Å²) >= 11 is 9.72. The van der Waals surface area contributed by atoms with Crippen molar-refractivity contribution in [3.05, 3.63) is 92.7 Å². The molecule has 5 heteroatoms. The van der Waals surface area contributed by atoms with E-state index in [0.29, 0.717) is 32.9 Å². The Morgan fingerprint density at radius 1 is 0.750 bits per heavy atom. The van der Waals surface area contributed by atoms with Crippen LogP contribution in [0.1, 0.15) is 0 Å². The molecule has 2 heterocycles. The van der Waals surface area contributed by atoms with E-state index >= 15 is 0 Å². The molecule has 0 aliphatic carbocycles. The first-order valence-corrected chi connectivity index (χ1v) is 9.79. The molecule has 0 atom stereocenters. The van der Waals surface area contributed by atoms with Crippen molar-refractivity contribution in [1.29, 1.82) is 0 Å². The SMILES string of the molecule is O=c1oc2ccc(Br)cc2c2c(-c3cccc(Cl)c3)oc(-c3ccccc3)c12. The summed E-state index contributed by atoms with van der Waals surface area (Å²) in [7, 11) is 0. The van der Waals surface area contributed by atoms with Crippen molar-refractivity contribution in [2.24, 2.45) is 0 Å². The first-order valence-electron chi connectivity index (χ1n) is 8.62. The largest absolute Gasteiger partial charge is 0.454 e. The van der Waals surface area contributed by atoms with Crippen molar-refractivity contribution < 1.29 is 8.83 Å². The molecule has 0 radical (unpaired) electrons. The zero-order valence-corrected chi connectivity index (χ0v) is 16.8. The Balaban J connectivity index is 2.00. The second kappa shape index (κ2) is 6.66. The number of fused-ring (bicyclic) bond motifs is 3. The van der Waals surface area contributed by atoms with E-state index in [4.69, 9.17) is 20.4 Å². The quantitative estimate of drug-likeness (QED) is 0.265. The lowest BCUT2D eigenvalue weighted by Gasteiger charge is -2.02. The van der Waals surface area contributed by atoms with Crippen LogP contribution < -0.4 is 5.63 Å². The molecule has 0 bridgehead atoms. The number of halogens is 2. The molecule has 28 heavy (non-hydrogen) atoms. The summed E-state index contributed by atoms with van der Waals surface area (Å²) in [4.78, 5) is 12.9. The molecule has 0 fully saturated rings. The number of rotatable bonds is 2. The Bertz CT molecular complexity index is 1400. The van der Waals surface area contributed by atoms with Gasteiger partial charge in [-0.3, -0.25) is 0 Å². The summed E-state index contributed by atoms with van der Waals surface area (Å²) in [5.74, 6) is 1.08. The van der Waals surface area contributed by atoms with Crippen LogP contribution in [0.15, 0.2) is 90.9 Å². The van der Waals surface area contributed by atoms with Crippen LogP contribution in [0.4, 0.5) is 0 Å². The lowest BCUT2D eigenvalue weighted by molar-refractivity contribution is 0.567. The van der Waals surface area contributed by atoms with Gasteiger partial charge in [0.05, 0.1) is 0 Å². The van der Waals surface area contributed by atoms with E-state index in [0.717, 1.165) is 21.0 Å². The van der Waals surface area contributed by atoms with Crippen molar-refractivity contribution in [2.45, 2.75) is 0 Å². The highest BCUT2D eigenvalue weighted by atomic mass is 79.9. The topological polar surface area (TPSA) is 43.4 Å². The summed E-state index contributed by atoms with van der Waals surface area (Å²) in [6.07, 6.45) is 0. The van der Waals surface area contributed by atoms with Crippen LogP contribution in [-0.4, -0.2) is 0 Å². The van der Waals surface area contributed by atoms with Gasteiger partial charge in [0.15, 0.2) is 0 Å². The molecule has 136 valence electrons. The van der Waals surface area contributed by atoms with Gasteiger partial charge < -0.3 is 8.83 Å². The minimum absolute atomic E-state index is 0.423. The maximum atomic E-state index is 12.9. The fraction of sp³-hybridized carbons (Fsp3) is 0. The van der Waals surface area contributed by atoms with E-state index in [2.05, 4.69) is 15.9 Å². The summed E-state index contributed by atoms with van der Waals surface area (Å²) in [5, 5.41) is 2.53. The van der Waals surface area contributed by atoms with Crippen LogP contribution in [0, 0.1) is 0 Å². The fourth-order valence-corrected chi connectivity index (χ4v) is 4.00. The van der Waals surface area contributed by atoms with E-state index < -0.39 is 5.63 Å². The van der Waals surface area contributed by atoms with Gasteiger partial charge in [-0.2, -0.15) is 0 Å². The van der Waals surface area contributed by atoms with Crippen LogP contribution >= 0.6 is 27.5 Å². The van der Waals surface area contributed by atoms with Gasteiger partial charge in [0, 0.05) is 31.4 Å². The summed E-state index contributed by atoms with van der Waals surface area (Å²) < 4.78 is 12.8. The van der Waals surface area contributed by atoms with Gasteiger partial charge in [0.25, 0.3) is 0 Å². The highest BCUT2D eigenvalue weighted by Crippen LogP contribution is 2.41. The molecule has 0 saturated carbocycles. The van der Waals surface area contributed by atoms with Crippen LogP contribution in [0.2, 0.25) is 5.02 Å². The van der Waals surface area contributed by atoms with Crippen LogP contribution in [0.3, 0.4) is 0 Å². The zero-order valence-electron chi connectivity index (χ0n) is 14.4. The van der Waals surface area contributed by atoms with Crippen molar-refractivity contribution in [2.75, 3.05) is 0 Å². The lowest BCUT2D eigenvalue weighted by Crippen LogP contribution is -1.99. The molecule has 0 aliphatic heterocycles. The highest BCUT2D eigenvalue weighted by Gasteiger charge is 2.23. The highest BCUT2D eigenvalue weighted by molar-refractivity contribution is 9.10. The fourth-order valence-electron chi connectivity index (χ4n) is 3.45. The second-order valence-electron chi connectivity index (χ2n) is 6.42. The van der Waals surface area contributed by atoms with Crippen LogP contribution in [0.25, 0.3) is 44.4 Å². The Labute approximate surface area is 173 Å². The van der Waals surface area contributed by atoms with Crippen LogP contribution in [0.5, 0.6) is 0 Å². The maximum Gasteiger partial charge on any atom is 0.348 e. The minimum Gasteiger partial charge on any atom is -0.454 e. The number of furan rings is 1. The molecule has 0 spiro atoms. The van der Waals surface area contributed by atoms with E-state index in [1.807, 2.05) is 60.7 Å². The Kier molecular flexibility index (Phi) is 4.11. The number of hydrogen-bond acceptors (Lipinski definition) is 3. The molecule has 5 rings (SSSR count). The average molecular weight is 452 g/mol. The van der Waals surface area contributed by atoms with Gasteiger partial charge in [-0.1, -0.05) is 70.0 Å². The third kappa shape index (κ3) is 2.77. The molecule has 0 N–H and O–H groups in total. The Morgan fingerprint density at radius 2 is 1.50 bits per heavy atom. The predicted octanol–water partition coefficient (Wildman–Crippen LogP) is 7.29. The van der Waals surface area contributed by atoms with Gasteiger partial charge in [0.2, 0.25) is 0 Å². The lowest BCUT2D eigenvalue weighted by atomic mass is 10.0. The normalized spacial score (nSPS) is 11.4. The summed E-state index contributed by atoms with van der Waals surface area (Å²) in [6, 6.07) is 22.5. The third-order valence-corrected chi connectivity index (χ3v) is 5.38. The molecule has 3 nitrogen and oxygen atoms in total. The van der Waals surface area contributed by atoms with E-state index in [1.165, 1.54) is 0 Å². The Morgan fingerprint density at radius 3 is 2.29 bits per heavy atom. The first-order chi connectivity index (χ1) is 13.6. The molecule has 0 amide bonds. The molecule has 0 saturated heterocycles. The maximum absolute atomic E-state index is 12.9. The second-order valence-corrected chi connectivity index (χ2v) is 7.77. The van der Waals surface area contributed by atoms with Crippen molar-refractivity contribution >= 4 is 49.3 Å². The number of benzene rings is 3. The zero-order chi connectivity index (χ0) is 19.3. The monoisotopic (exact) mass is 450 g/mol. The van der Waals surface area contributed by atoms with Gasteiger partial charge in [-0.05, 0) is 30.3 Å². The number of hydrogen-bond donors (Lipinski definition) is 0. The van der Waals surface area contributed by atoms with E-state index in [9.17, 15) is 4.79 Å². The van der Waals surface area contributed by atoms with Crippen molar-refractivity contribution in [3.8, 4) is 22.6 Å². The summed E-state index contributed by atoms with van der Waals surface area (Å²) in [5.41, 5.74) is 1.68. The van der Waals surface area contributed by atoms with Crippen molar-refractivity contribution in [3.63, 3.8) is 0 Å². The van der Waals surface area contributed by atoms with Crippen molar-refractivity contribution in [1.82, 2.24) is 0 Å². The molecule has 3 aromatic carbocycles. The molecule has 0 aliphatic rings. The molecule has 0 unspecified atom stereocenters. The molecular formula is C23H12BrClO3. The predicted molar refractivity (Wildman–Crippen MR) is 116 cm³/mol.